The van der Waals surface area contributed by atoms with Crippen molar-refractivity contribution in [3.8, 4) is 0 Å². The normalized spacial score (nSPS) is 12.9. The molecule has 0 fully saturated rings. The Kier molecular flexibility index (Phi) is 5.05. The number of hydrogen-bond acceptors (Lipinski definition) is 3. The third-order valence-electron chi connectivity index (χ3n) is 2.92. The van der Waals surface area contributed by atoms with Crippen molar-refractivity contribution >= 4 is 33.2 Å². The van der Waals surface area contributed by atoms with Crippen molar-refractivity contribution in [2.24, 2.45) is 0 Å². The molecule has 5 nitrogen and oxygen atoms in total. The highest BCUT2D eigenvalue weighted by Crippen LogP contribution is 2.26. The Bertz CT molecular complexity index is 614. The minimum absolute atomic E-state index is 0.299. The van der Waals surface area contributed by atoms with Crippen molar-refractivity contribution in [2.75, 3.05) is 24.7 Å². The molecule has 1 rings (SSSR count). The molecule has 0 unspecified atom stereocenters. The van der Waals surface area contributed by atoms with Crippen LogP contribution in [-0.4, -0.2) is 45.6 Å². The number of nitrogens with zero attached hydrogens (tertiary/aromatic N) is 2. The number of sulfonamides is 1. The topological polar surface area (TPSA) is 57.7 Å². The lowest BCUT2D eigenvalue weighted by Crippen LogP contribution is -2.47. The molecule has 0 bridgehead atoms. The summed E-state index contributed by atoms with van der Waals surface area (Å²) in [6, 6.07) is 4.08. The molecule has 0 spiro atoms. The van der Waals surface area contributed by atoms with Crippen LogP contribution in [-0.2, 0) is 14.8 Å². The van der Waals surface area contributed by atoms with Gasteiger partial charge >= 0.3 is 0 Å². The molecule has 0 aliphatic heterocycles. The van der Waals surface area contributed by atoms with Gasteiger partial charge in [0.2, 0.25) is 15.9 Å². The largest absolute Gasteiger partial charge is 0.347 e. The minimum atomic E-state index is -3.60. The van der Waals surface area contributed by atoms with Crippen LogP contribution in [0.15, 0.2) is 18.2 Å². The lowest BCUT2D eigenvalue weighted by Gasteiger charge is -2.30. The molecule has 0 aromatic heterocycles. The van der Waals surface area contributed by atoms with Crippen LogP contribution in [0.25, 0.3) is 0 Å². The summed E-state index contributed by atoms with van der Waals surface area (Å²) in [4.78, 5) is 13.4. The van der Waals surface area contributed by atoms with E-state index in [1.54, 1.807) is 39.2 Å². The third-order valence-corrected chi connectivity index (χ3v) is 4.57. The number of hydrogen-bond donors (Lipinski definition) is 0. The van der Waals surface area contributed by atoms with Gasteiger partial charge in [-0.2, -0.15) is 0 Å². The number of rotatable bonds is 4. The zero-order valence-corrected chi connectivity index (χ0v) is 13.8. The van der Waals surface area contributed by atoms with E-state index in [1.165, 1.54) is 4.90 Å². The van der Waals surface area contributed by atoms with Gasteiger partial charge in [-0.05, 0) is 31.5 Å². The summed E-state index contributed by atoms with van der Waals surface area (Å²) in [6.07, 6.45) is 1.07. The molecule has 1 aromatic rings. The number of halogens is 1. The summed E-state index contributed by atoms with van der Waals surface area (Å²) in [6.45, 7) is 3.38. The van der Waals surface area contributed by atoms with Crippen LogP contribution in [0.1, 0.15) is 12.5 Å². The van der Waals surface area contributed by atoms with Crippen molar-refractivity contribution in [3.05, 3.63) is 28.8 Å². The van der Waals surface area contributed by atoms with Crippen molar-refractivity contribution in [2.45, 2.75) is 19.9 Å². The van der Waals surface area contributed by atoms with Gasteiger partial charge in [-0.3, -0.25) is 9.10 Å². The molecule has 0 N–H and O–H groups in total. The SMILES string of the molecule is Cc1ccc(N([C@H](C)C(=O)N(C)C)S(C)(=O)=O)cc1Cl. The Balaban J connectivity index is 3.34. The maximum Gasteiger partial charge on any atom is 0.245 e. The third kappa shape index (κ3) is 3.64. The molecule has 0 aliphatic rings. The van der Waals surface area contributed by atoms with E-state index >= 15 is 0 Å². The second kappa shape index (κ2) is 6.01. The minimum Gasteiger partial charge on any atom is -0.347 e. The van der Waals surface area contributed by atoms with Crippen LogP contribution >= 0.6 is 11.6 Å². The number of amides is 1. The summed E-state index contributed by atoms with van der Waals surface area (Å²) < 4.78 is 25.1. The standard InChI is InChI=1S/C13H19ClN2O3S/c1-9-6-7-11(8-12(9)14)16(20(5,18)19)10(2)13(17)15(3)4/h6-8,10H,1-5H3/t10-/m1/s1. The molecule has 7 heteroatoms. The Labute approximate surface area is 125 Å². The lowest BCUT2D eigenvalue weighted by atomic mass is 10.2. The summed E-state index contributed by atoms with van der Waals surface area (Å²) in [5.74, 6) is -0.299. The first-order valence-corrected chi connectivity index (χ1v) is 8.25. The average Bonchev–Trinajstić information content (AvgIpc) is 2.30. The Morgan fingerprint density at radius 3 is 2.25 bits per heavy atom. The van der Waals surface area contributed by atoms with Crippen LogP contribution in [0.4, 0.5) is 5.69 Å². The number of likely N-dealkylation sites (N-methyl/N-ethyl adjacent to an activating group) is 1. The molecule has 1 aromatic carbocycles. The number of benzene rings is 1. The molecule has 0 saturated carbocycles. The van der Waals surface area contributed by atoms with E-state index in [0.717, 1.165) is 16.1 Å². The van der Waals surface area contributed by atoms with Gasteiger partial charge in [-0.15, -0.1) is 0 Å². The van der Waals surface area contributed by atoms with E-state index in [9.17, 15) is 13.2 Å². The second-order valence-corrected chi connectivity index (χ2v) is 7.17. The molecular weight excluding hydrogens is 300 g/mol. The summed E-state index contributed by atoms with van der Waals surface area (Å²) in [5.41, 5.74) is 1.22. The fourth-order valence-corrected chi connectivity index (χ4v) is 3.23. The Morgan fingerprint density at radius 2 is 1.85 bits per heavy atom. The molecule has 1 atom stereocenters. The molecule has 0 aliphatic carbocycles. The molecule has 0 heterocycles. The number of anilines is 1. The highest BCUT2D eigenvalue weighted by molar-refractivity contribution is 7.92. The van der Waals surface area contributed by atoms with Crippen LogP contribution in [0.2, 0.25) is 5.02 Å². The van der Waals surface area contributed by atoms with Gasteiger partial charge in [-0.1, -0.05) is 17.7 Å². The van der Waals surface area contributed by atoms with Crippen LogP contribution in [0.5, 0.6) is 0 Å². The van der Waals surface area contributed by atoms with Gasteiger partial charge in [0.1, 0.15) is 6.04 Å². The quantitative estimate of drug-likeness (QED) is 0.852. The molecular formula is C13H19ClN2O3S. The van der Waals surface area contributed by atoms with Gasteiger partial charge < -0.3 is 4.90 Å². The van der Waals surface area contributed by atoms with Crippen LogP contribution in [0, 0.1) is 6.92 Å². The first-order valence-electron chi connectivity index (χ1n) is 6.02. The fourth-order valence-electron chi connectivity index (χ4n) is 1.90. The molecule has 1 amide bonds. The van der Waals surface area contributed by atoms with Crippen LogP contribution < -0.4 is 4.31 Å². The molecule has 112 valence electrons. The maximum atomic E-state index is 12.0. The monoisotopic (exact) mass is 318 g/mol. The highest BCUT2D eigenvalue weighted by atomic mass is 35.5. The van der Waals surface area contributed by atoms with E-state index < -0.39 is 16.1 Å². The van der Waals surface area contributed by atoms with E-state index in [1.807, 2.05) is 6.92 Å². The van der Waals surface area contributed by atoms with Gasteiger partial charge in [0.05, 0.1) is 11.9 Å². The van der Waals surface area contributed by atoms with Crippen molar-refractivity contribution < 1.29 is 13.2 Å². The summed E-state index contributed by atoms with van der Waals surface area (Å²) >= 11 is 6.04. The fraction of sp³-hybridized carbons (Fsp3) is 0.462. The average molecular weight is 319 g/mol. The van der Waals surface area contributed by atoms with Gasteiger partial charge in [0.15, 0.2) is 0 Å². The molecule has 0 radical (unpaired) electrons. The van der Waals surface area contributed by atoms with Crippen molar-refractivity contribution in [1.82, 2.24) is 4.90 Å². The van der Waals surface area contributed by atoms with Crippen molar-refractivity contribution in [3.63, 3.8) is 0 Å². The number of aryl methyl sites for hydroxylation is 1. The predicted molar refractivity (Wildman–Crippen MR) is 81.7 cm³/mol. The smallest absolute Gasteiger partial charge is 0.245 e. The van der Waals surface area contributed by atoms with Gasteiger partial charge in [0, 0.05) is 19.1 Å². The Hall–Kier alpha value is -1.27. The number of carbonyl (C=O) groups is 1. The van der Waals surface area contributed by atoms with Crippen molar-refractivity contribution in [1.29, 1.82) is 0 Å². The first kappa shape index (κ1) is 16.8. The zero-order valence-electron chi connectivity index (χ0n) is 12.2. The summed E-state index contributed by atoms with van der Waals surface area (Å²) in [7, 11) is -0.429. The van der Waals surface area contributed by atoms with Gasteiger partial charge in [0.25, 0.3) is 0 Å². The number of carbonyl (C=O) groups excluding carboxylic acids is 1. The molecule has 0 saturated heterocycles. The maximum absolute atomic E-state index is 12.0. The molecule has 20 heavy (non-hydrogen) atoms. The van der Waals surface area contributed by atoms with E-state index in [4.69, 9.17) is 11.6 Å². The van der Waals surface area contributed by atoms with E-state index in [-0.39, 0.29) is 5.91 Å². The lowest BCUT2D eigenvalue weighted by molar-refractivity contribution is -0.129. The predicted octanol–water partition coefficient (Wildman–Crippen LogP) is 1.89. The Morgan fingerprint density at radius 1 is 1.30 bits per heavy atom. The second-order valence-electron chi connectivity index (χ2n) is 4.90. The highest BCUT2D eigenvalue weighted by Gasteiger charge is 2.30. The van der Waals surface area contributed by atoms with Gasteiger partial charge in [-0.25, -0.2) is 8.42 Å². The summed E-state index contributed by atoms with van der Waals surface area (Å²) in [5, 5.41) is 0.459. The first-order chi connectivity index (χ1) is 9.05. The zero-order chi connectivity index (χ0) is 15.7. The van der Waals surface area contributed by atoms with Crippen LogP contribution in [0.3, 0.4) is 0 Å². The van der Waals surface area contributed by atoms with E-state index in [0.29, 0.717) is 10.7 Å². The van der Waals surface area contributed by atoms with E-state index in [2.05, 4.69) is 0 Å².